The Morgan fingerprint density at radius 3 is 2.60 bits per heavy atom. The van der Waals surface area contributed by atoms with Gasteiger partial charge in [-0.05, 0) is 30.5 Å². The van der Waals surface area contributed by atoms with E-state index < -0.39 is 0 Å². The van der Waals surface area contributed by atoms with Crippen molar-refractivity contribution >= 4 is 34.3 Å². The van der Waals surface area contributed by atoms with Gasteiger partial charge in [0.2, 0.25) is 5.91 Å². The number of hydrazone groups is 1. The summed E-state index contributed by atoms with van der Waals surface area (Å²) in [5.41, 5.74) is 5.11. The second kappa shape index (κ2) is 5.66. The second-order valence-electron chi connectivity index (χ2n) is 4.90. The Balaban J connectivity index is 1.62. The minimum Gasteiger partial charge on any atom is -0.317 e. The van der Waals surface area contributed by atoms with Gasteiger partial charge in [-0.15, -0.1) is 0 Å². The lowest BCUT2D eigenvalue weighted by Crippen LogP contribution is -2.25. The maximum atomic E-state index is 11.7. The lowest BCUT2D eigenvalue weighted by molar-refractivity contribution is -0.121. The molecule has 0 radical (unpaired) electrons. The number of hydrogen-bond acceptors (Lipinski definition) is 4. The molecule has 104 valence electrons. The van der Waals surface area contributed by atoms with Crippen LogP contribution in [0.15, 0.2) is 29.4 Å². The third-order valence-electron chi connectivity index (χ3n) is 3.17. The molecule has 0 spiro atoms. The van der Waals surface area contributed by atoms with E-state index in [-0.39, 0.29) is 11.1 Å². The summed E-state index contributed by atoms with van der Waals surface area (Å²) in [4.78, 5) is 22.7. The molecule has 1 aromatic rings. The van der Waals surface area contributed by atoms with E-state index in [1.165, 1.54) is 11.8 Å². The number of rotatable bonds is 3. The van der Waals surface area contributed by atoms with E-state index >= 15 is 0 Å². The summed E-state index contributed by atoms with van der Waals surface area (Å²) in [7, 11) is 0. The van der Waals surface area contributed by atoms with Crippen LogP contribution >= 0.6 is 11.8 Å². The number of nitrogens with zero attached hydrogens (tertiary/aromatic N) is 1. The van der Waals surface area contributed by atoms with Crippen molar-refractivity contribution in [3.05, 3.63) is 29.8 Å². The number of amides is 2. The largest absolute Gasteiger partial charge is 0.317 e. The van der Waals surface area contributed by atoms with Crippen molar-refractivity contribution in [3.8, 4) is 0 Å². The molecule has 0 unspecified atom stereocenters. The van der Waals surface area contributed by atoms with E-state index in [2.05, 4.69) is 15.8 Å². The molecule has 1 heterocycles. The number of nitrogens with one attached hydrogen (secondary N) is 2. The summed E-state index contributed by atoms with van der Waals surface area (Å²) in [6.07, 6.45) is 3.40. The van der Waals surface area contributed by atoms with Crippen LogP contribution in [0.4, 0.5) is 10.5 Å². The van der Waals surface area contributed by atoms with Crippen LogP contribution < -0.4 is 10.7 Å². The molecular weight excluding hydrogens is 274 g/mol. The summed E-state index contributed by atoms with van der Waals surface area (Å²) in [5.74, 6) is -0.0465. The molecule has 0 bridgehead atoms. The Morgan fingerprint density at radius 2 is 2.00 bits per heavy atom. The quantitative estimate of drug-likeness (QED) is 0.898. The van der Waals surface area contributed by atoms with Crippen molar-refractivity contribution in [2.45, 2.75) is 30.9 Å². The van der Waals surface area contributed by atoms with Crippen LogP contribution in [0.5, 0.6) is 0 Å². The molecule has 1 aromatic carbocycles. The van der Waals surface area contributed by atoms with Crippen LogP contribution in [0.25, 0.3) is 0 Å². The van der Waals surface area contributed by atoms with Crippen LogP contribution in [0, 0.1) is 0 Å². The van der Waals surface area contributed by atoms with Gasteiger partial charge in [-0.25, -0.2) is 5.43 Å². The summed E-state index contributed by atoms with van der Waals surface area (Å²) in [5, 5.41) is 7.42. The summed E-state index contributed by atoms with van der Waals surface area (Å²) >= 11 is 1.37. The van der Waals surface area contributed by atoms with Gasteiger partial charge in [0, 0.05) is 23.8 Å². The molecule has 3 rings (SSSR count). The Bertz CT molecular complexity index is 564. The Morgan fingerprint density at radius 1 is 1.25 bits per heavy atom. The zero-order valence-electron chi connectivity index (χ0n) is 10.9. The first-order chi connectivity index (χ1) is 9.70. The first-order valence-electron chi connectivity index (χ1n) is 6.64. The third kappa shape index (κ3) is 3.39. The highest BCUT2D eigenvalue weighted by molar-refractivity contribution is 8.14. The highest BCUT2D eigenvalue weighted by Crippen LogP contribution is 2.34. The van der Waals surface area contributed by atoms with Gasteiger partial charge in [0.05, 0.1) is 5.71 Å². The number of anilines is 1. The first-order valence-corrected chi connectivity index (χ1v) is 7.52. The fourth-order valence-corrected chi connectivity index (χ4v) is 2.76. The number of carbonyl (C=O) groups excluding carboxylic acids is 2. The van der Waals surface area contributed by atoms with Crippen molar-refractivity contribution in [2.75, 3.05) is 5.32 Å². The van der Waals surface area contributed by atoms with E-state index in [0.29, 0.717) is 18.1 Å². The van der Waals surface area contributed by atoms with Gasteiger partial charge < -0.3 is 5.32 Å². The molecule has 1 saturated carbocycles. The van der Waals surface area contributed by atoms with Gasteiger partial charge in [-0.2, -0.15) is 5.10 Å². The zero-order valence-corrected chi connectivity index (χ0v) is 11.7. The maximum absolute atomic E-state index is 11.7. The summed E-state index contributed by atoms with van der Waals surface area (Å²) in [6, 6.07) is 7.54. The lowest BCUT2D eigenvalue weighted by Gasteiger charge is -2.12. The van der Waals surface area contributed by atoms with Crippen LogP contribution in [0.1, 0.15) is 31.2 Å². The fraction of sp³-hybridized carbons (Fsp3) is 0.357. The minimum absolute atomic E-state index is 0.00233. The molecule has 0 aromatic heterocycles. The van der Waals surface area contributed by atoms with Gasteiger partial charge in [0.25, 0.3) is 5.24 Å². The zero-order chi connectivity index (χ0) is 13.9. The maximum Gasteiger partial charge on any atom is 0.283 e. The minimum atomic E-state index is -0.0465. The molecule has 1 fully saturated rings. The molecule has 6 heteroatoms. The molecule has 0 atom stereocenters. The molecule has 20 heavy (non-hydrogen) atoms. The van der Waals surface area contributed by atoms with Crippen LogP contribution in [-0.2, 0) is 4.79 Å². The highest BCUT2D eigenvalue weighted by atomic mass is 32.2. The predicted molar refractivity (Wildman–Crippen MR) is 80.0 cm³/mol. The van der Waals surface area contributed by atoms with Gasteiger partial charge in [-0.1, -0.05) is 23.9 Å². The Labute approximate surface area is 121 Å². The third-order valence-corrected chi connectivity index (χ3v) is 4.29. The SMILES string of the molecule is O=C1CCC(c2ccc(NC(=O)SC3CC3)cc2)=NN1. The first kappa shape index (κ1) is 13.2. The topological polar surface area (TPSA) is 70.6 Å². The smallest absolute Gasteiger partial charge is 0.283 e. The number of thioether (sulfide) groups is 1. The van der Waals surface area contributed by atoms with Crippen molar-refractivity contribution in [1.82, 2.24) is 5.43 Å². The Hall–Kier alpha value is -1.82. The molecule has 2 N–H and O–H groups in total. The van der Waals surface area contributed by atoms with E-state index in [1.807, 2.05) is 24.3 Å². The van der Waals surface area contributed by atoms with Crippen molar-refractivity contribution < 1.29 is 9.59 Å². The van der Waals surface area contributed by atoms with E-state index in [0.717, 1.165) is 29.8 Å². The van der Waals surface area contributed by atoms with Crippen molar-refractivity contribution in [2.24, 2.45) is 5.10 Å². The molecule has 1 aliphatic carbocycles. The van der Waals surface area contributed by atoms with Crippen molar-refractivity contribution in [3.63, 3.8) is 0 Å². The lowest BCUT2D eigenvalue weighted by atomic mass is 10.0. The molecule has 2 amide bonds. The molecular formula is C14H15N3O2S. The van der Waals surface area contributed by atoms with E-state index in [4.69, 9.17) is 0 Å². The molecule has 0 saturated heterocycles. The summed E-state index contributed by atoms with van der Waals surface area (Å²) < 4.78 is 0. The molecule has 1 aliphatic heterocycles. The molecule has 5 nitrogen and oxygen atoms in total. The normalized spacial score (nSPS) is 18.2. The van der Waals surface area contributed by atoms with Gasteiger partial charge in [0.1, 0.15) is 0 Å². The van der Waals surface area contributed by atoms with Gasteiger partial charge >= 0.3 is 0 Å². The molecule has 2 aliphatic rings. The number of hydrogen-bond donors (Lipinski definition) is 2. The van der Waals surface area contributed by atoms with Crippen LogP contribution in [0.3, 0.4) is 0 Å². The predicted octanol–water partition coefficient (Wildman–Crippen LogP) is 2.73. The second-order valence-corrected chi connectivity index (χ2v) is 6.17. The standard InChI is InChI=1S/C14H15N3O2S/c18-13-8-7-12(16-17-13)9-1-3-10(4-2-9)15-14(19)20-11-5-6-11/h1-4,11H,5-8H2,(H,15,19)(H,17,18). The van der Waals surface area contributed by atoms with Crippen LogP contribution in [0.2, 0.25) is 0 Å². The average molecular weight is 289 g/mol. The van der Waals surface area contributed by atoms with Gasteiger partial charge in [-0.3, -0.25) is 9.59 Å². The fourth-order valence-electron chi connectivity index (χ4n) is 1.91. The van der Waals surface area contributed by atoms with E-state index in [1.54, 1.807) is 0 Å². The number of benzene rings is 1. The average Bonchev–Trinajstić information content (AvgIpc) is 3.24. The van der Waals surface area contributed by atoms with Crippen molar-refractivity contribution in [1.29, 1.82) is 0 Å². The number of carbonyl (C=O) groups is 2. The van der Waals surface area contributed by atoms with E-state index in [9.17, 15) is 9.59 Å². The summed E-state index contributed by atoms with van der Waals surface area (Å²) in [6.45, 7) is 0. The highest BCUT2D eigenvalue weighted by Gasteiger charge is 2.25. The monoisotopic (exact) mass is 289 g/mol. The van der Waals surface area contributed by atoms with Gasteiger partial charge in [0.15, 0.2) is 0 Å². The Kier molecular flexibility index (Phi) is 3.73. The van der Waals surface area contributed by atoms with Crippen LogP contribution in [-0.4, -0.2) is 22.1 Å².